The van der Waals surface area contributed by atoms with Gasteiger partial charge in [0, 0.05) is 0 Å². The molecule has 2 N–H and O–H groups in total. The molecule has 0 spiro atoms. The Morgan fingerprint density at radius 2 is 2.07 bits per heavy atom. The maximum Gasteiger partial charge on any atom is 0.471 e. The summed E-state index contributed by atoms with van der Waals surface area (Å²) >= 11 is 0. The Balaban J connectivity index is 2.12. The number of hydrogen-bond donors (Lipinski definition) is 1. The molecule has 0 amide bonds. The minimum absolute atomic E-state index is 0.0491. The zero-order valence-electron chi connectivity index (χ0n) is 7.79. The number of aromatic nitrogens is 2. The van der Waals surface area contributed by atoms with Gasteiger partial charge in [0.2, 0.25) is 0 Å². The molecule has 1 aliphatic rings. The second-order valence-corrected chi connectivity index (χ2v) is 3.67. The topological polar surface area (TPSA) is 64.9 Å². The molecule has 1 saturated carbocycles. The van der Waals surface area contributed by atoms with E-state index in [4.69, 9.17) is 5.73 Å². The van der Waals surface area contributed by atoms with Crippen LogP contribution in [-0.2, 0) is 6.18 Å². The Morgan fingerprint density at radius 3 is 2.47 bits per heavy atom. The highest BCUT2D eigenvalue weighted by molar-refractivity contribution is 4.99. The van der Waals surface area contributed by atoms with Gasteiger partial charge in [0.05, 0.1) is 6.04 Å². The average Bonchev–Trinajstić information content (AvgIpc) is 2.46. The third kappa shape index (κ3) is 1.97. The molecule has 1 atom stereocenters. The second-order valence-electron chi connectivity index (χ2n) is 3.67. The summed E-state index contributed by atoms with van der Waals surface area (Å²) in [6, 6.07) is -0.543. The Morgan fingerprint density at radius 1 is 1.40 bits per heavy atom. The van der Waals surface area contributed by atoms with Crippen LogP contribution in [0.3, 0.4) is 0 Å². The summed E-state index contributed by atoms with van der Waals surface area (Å²) in [6.07, 6.45) is -1.71. The summed E-state index contributed by atoms with van der Waals surface area (Å²) < 4.78 is 40.5. The fourth-order valence-corrected chi connectivity index (χ4v) is 1.50. The quantitative estimate of drug-likeness (QED) is 0.828. The summed E-state index contributed by atoms with van der Waals surface area (Å²) in [5, 5.41) is 3.25. The Labute approximate surface area is 83.6 Å². The minimum Gasteiger partial charge on any atom is -0.329 e. The van der Waals surface area contributed by atoms with E-state index in [1.807, 2.05) is 0 Å². The molecule has 0 bridgehead atoms. The molecule has 1 aromatic heterocycles. The van der Waals surface area contributed by atoms with Crippen LogP contribution in [0.15, 0.2) is 4.52 Å². The summed E-state index contributed by atoms with van der Waals surface area (Å²) in [7, 11) is 0. The first kappa shape index (κ1) is 10.4. The van der Waals surface area contributed by atoms with Crippen LogP contribution < -0.4 is 5.73 Å². The Bertz CT molecular complexity index is 345. The summed E-state index contributed by atoms with van der Waals surface area (Å²) in [5.41, 5.74) is 5.70. The lowest BCUT2D eigenvalue weighted by Crippen LogP contribution is -2.27. The van der Waals surface area contributed by atoms with E-state index >= 15 is 0 Å². The van der Waals surface area contributed by atoms with Gasteiger partial charge in [-0.25, -0.2) is 0 Å². The van der Waals surface area contributed by atoms with E-state index in [1.165, 1.54) is 0 Å². The molecule has 0 radical (unpaired) electrons. The largest absolute Gasteiger partial charge is 0.471 e. The first-order valence-corrected chi connectivity index (χ1v) is 4.65. The van der Waals surface area contributed by atoms with Gasteiger partial charge in [-0.3, -0.25) is 0 Å². The number of rotatable bonds is 2. The molecular formula is C8H10F3N3O. The lowest BCUT2D eigenvalue weighted by atomic mass is 9.80. The maximum absolute atomic E-state index is 12.1. The van der Waals surface area contributed by atoms with E-state index < -0.39 is 18.1 Å². The second kappa shape index (κ2) is 3.48. The van der Waals surface area contributed by atoms with Crippen molar-refractivity contribution in [1.29, 1.82) is 0 Å². The van der Waals surface area contributed by atoms with E-state index in [0.29, 0.717) is 0 Å². The normalized spacial score (nSPS) is 20.0. The minimum atomic E-state index is -4.59. The molecule has 1 fully saturated rings. The Kier molecular flexibility index (Phi) is 2.41. The first-order valence-electron chi connectivity index (χ1n) is 4.65. The fraction of sp³-hybridized carbons (Fsp3) is 0.750. The predicted molar refractivity (Wildman–Crippen MR) is 43.6 cm³/mol. The van der Waals surface area contributed by atoms with Crippen molar-refractivity contribution in [1.82, 2.24) is 10.1 Å². The van der Waals surface area contributed by atoms with E-state index in [2.05, 4.69) is 14.7 Å². The van der Waals surface area contributed by atoms with E-state index in [1.54, 1.807) is 0 Å². The zero-order chi connectivity index (χ0) is 11.1. The number of alkyl halides is 3. The maximum atomic E-state index is 12.1. The molecule has 1 unspecified atom stereocenters. The van der Waals surface area contributed by atoms with Gasteiger partial charge < -0.3 is 10.3 Å². The number of nitrogens with zero attached hydrogens (tertiary/aromatic N) is 2. The summed E-state index contributed by atoms with van der Waals surface area (Å²) in [6.45, 7) is 0. The number of hydrogen-bond acceptors (Lipinski definition) is 4. The highest BCUT2D eigenvalue weighted by Gasteiger charge is 2.39. The molecular weight excluding hydrogens is 211 g/mol. The molecule has 1 aromatic rings. The van der Waals surface area contributed by atoms with Crippen LogP contribution >= 0.6 is 0 Å². The number of halogens is 3. The SMILES string of the molecule is NC(c1noc(C(F)(F)F)n1)C1CCC1. The van der Waals surface area contributed by atoms with Gasteiger partial charge in [-0.2, -0.15) is 18.2 Å². The van der Waals surface area contributed by atoms with Crippen molar-refractivity contribution in [2.24, 2.45) is 11.7 Å². The summed E-state index contributed by atoms with van der Waals surface area (Å²) in [4.78, 5) is 3.26. The van der Waals surface area contributed by atoms with Crippen molar-refractivity contribution in [3.63, 3.8) is 0 Å². The third-order valence-electron chi connectivity index (χ3n) is 2.64. The van der Waals surface area contributed by atoms with Gasteiger partial charge in [0.1, 0.15) is 0 Å². The van der Waals surface area contributed by atoms with Crippen molar-refractivity contribution in [2.75, 3.05) is 0 Å². The smallest absolute Gasteiger partial charge is 0.329 e. The molecule has 7 heteroatoms. The zero-order valence-corrected chi connectivity index (χ0v) is 7.79. The molecule has 0 saturated heterocycles. The van der Waals surface area contributed by atoms with E-state index in [-0.39, 0.29) is 11.7 Å². The van der Waals surface area contributed by atoms with Gasteiger partial charge in [-0.1, -0.05) is 11.6 Å². The van der Waals surface area contributed by atoms with Crippen LogP contribution in [0.2, 0.25) is 0 Å². The van der Waals surface area contributed by atoms with Crippen LogP contribution in [0.1, 0.15) is 37.0 Å². The van der Waals surface area contributed by atoms with Gasteiger partial charge in [0.25, 0.3) is 0 Å². The standard InChI is InChI=1S/C8H10F3N3O/c9-8(10,11)7-13-6(14-15-7)5(12)4-2-1-3-4/h4-5H,1-3,12H2. The number of nitrogens with two attached hydrogens (primary N) is 1. The van der Waals surface area contributed by atoms with Crippen molar-refractivity contribution < 1.29 is 17.7 Å². The Hall–Kier alpha value is -1.11. The molecule has 1 aliphatic carbocycles. The van der Waals surface area contributed by atoms with Gasteiger partial charge in [-0.05, 0) is 18.8 Å². The van der Waals surface area contributed by atoms with Crippen LogP contribution in [-0.4, -0.2) is 10.1 Å². The fourth-order valence-electron chi connectivity index (χ4n) is 1.50. The molecule has 2 rings (SSSR count). The van der Waals surface area contributed by atoms with Crippen molar-refractivity contribution in [2.45, 2.75) is 31.5 Å². The van der Waals surface area contributed by atoms with Gasteiger partial charge >= 0.3 is 12.1 Å². The molecule has 15 heavy (non-hydrogen) atoms. The van der Waals surface area contributed by atoms with Gasteiger partial charge in [0.15, 0.2) is 5.82 Å². The lowest BCUT2D eigenvalue weighted by Gasteiger charge is -2.28. The predicted octanol–water partition coefficient (Wildman–Crippen LogP) is 1.89. The van der Waals surface area contributed by atoms with Crippen LogP contribution in [0.4, 0.5) is 13.2 Å². The van der Waals surface area contributed by atoms with Crippen LogP contribution in [0.25, 0.3) is 0 Å². The van der Waals surface area contributed by atoms with Crippen LogP contribution in [0.5, 0.6) is 0 Å². The third-order valence-corrected chi connectivity index (χ3v) is 2.64. The van der Waals surface area contributed by atoms with Crippen molar-refractivity contribution in [3.8, 4) is 0 Å². The molecule has 4 nitrogen and oxygen atoms in total. The van der Waals surface area contributed by atoms with Crippen molar-refractivity contribution in [3.05, 3.63) is 11.7 Å². The highest BCUT2D eigenvalue weighted by atomic mass is 19.4. The molecule has 0 aromatic carbocycles. The average molecular weight is 221 g/mol. The molecule has 0 aliphatic heterocycles. The molecule has 84 valence electrons. The van der Waals surface area contributed by atoms with Crippen LogP contribution in [0, 0.1) is 5.92 Å². The van der Waals surface area contributed by atoms with E-state index in [0.717, 1.165) is 19.3 Å². The summed E-state index contributed by atoms with van der Waals surface area (Å²) in [5.74, 6) is -1.19. The first-order chi connectivity index (χ1) is 6.98. The monoisotopic (exact) mass is 221 g/mol. The van der Waals surface area contributed by atoms with Gasteiger partial charge in [-0.15, -0.1) is 0 Å². The van der Waals surface area contributed by atoms with E-state index in [9.17, 15) is 13.2 Å². The lowest BCUT2D eigenvalue weighted by molar-refractivity contribution is -0.159. The highest BCUT2D eigenvalue weighted by Crippen LogP contribution is 2.36. The molecule has 1 heterocycles. The van der Waals surface area contributed by atoms with Crippen molar-refractivity contribution >= 4 is 0 Å².